The van der Waals surface area contributed by atoms with Gasteiger partial charge in [-0.05, 0) is 12.5 Å². The summed E-state index contributed by atoms with van der Waals surface area (Å²) in [6.07, 6.45) is 0.774. The fourth-order valence-corrected chi connectivity index (χ4v) is 1.21. The Morgan fingerprint density at radius 2 is 2.06 bits per heavy atom. The van der Waals surface area contributed by atoms with E-state index >= 15 is 0 Å². The molecule has 1 rings (SSSR count). The van der Waals surface area contributed by atoms with Crippen LogP contribution in [0.15, 0.2) is 6.07 Å². The SMILES string of the molecule is COCCCOc1cc(C)c(C(=O)OC)nn1. The molecule has 0 bridgehead atoms. The van der Waals surface area contributed by atoms with Crippen molar-refractivity contribution >= 4 is 5.97 Å². The number of aromatic nitrogens is 2. The summed E-state index contributed by atoms with van der Waals surface area (Å²) in [6, 6.07) is 1.66. The van der Waals surface area contributed by atoms with Gasteiger partial charge in [0.1, 0.15) is 0 Å². The van der Waals surface area contributed by atoms with Crippen LogP contribution in [0.5, 0.6) is 5.88 Å². The lowest BCUT2D eigenvalue weighted by Gasteiger charge is -2.06. The zero-order chi connectivity index (χ0) is 12.7. The minimum atomic E-state index is -0.499. The number of hydrogen-bond acceptors (Lipinski definition) is 6. The molecule has 0 aliphatic heterocycles. The van der Waals surface area contributed by atoms with Gasteiger partial charge >= 0.3 is 5.97 Å². The zero-order valence-electron chi connectivity index (χ0n) is 10.2. The quantitative estimate of drug-likeness (QED) is 0.545. The van der Waals surface area contributed by atoms with E-state index in [1.807, 2.05) is 0 Å². The lowest BCUT2D eigenvalue weighted by Crippen LogP contribution is -2.10. The van der Waals surface area contributed by atoms with Crippen molar-refractivity contribution in [3.05, 3.63) is 17.3 Å². The first kappa shape index (κ1) is 13.4. The van der Waals surface area contributed by atoms with E-state index in [0.717, 1.165) is 6.42 Å². The van der Waals surface area contributed by atoms with Gasteiger partial charge in [0.25, 0.3) is 0 Å². The largest absolute Gasteiger partial charge is 0.476 e. The molecule has 0 aromatic carbocycles. The molecule has 6 heteroatoms. The van der Waals surface area contributed by atoms with Crippen molar-refractivity contribution in [3.63, 3.8) is 0 Å². The van der Waals surface area contributed by atoms with Crippen LogP contribution in [0.4, 0.5) is 0 Å². The Hall–Kier alpha value is -1.69. The molecule has 0 amide bonds. The number of ether oxygens (including phenoxy) is 3. The van der Waals surface area contributed by atoms with Crippen LogP contribution in [0.1, 0.15) is 22.5 Å². The highest BCUT2D eigenvalue weighted by Crippen LogP contribution is 2.12. The molecule has 0 saturated carbocycles. The first-order valence-corrected chi connectivity index (χ1v) is 5.23. The second-order valence-corrected chi connectivity index (χ2v) is 3.40. The molecule has 0 spiro atoms. The van der Waals surface area contributed by atoms with E-state index in [1.165, 1.54) is 7.11 Å². The van der Waals surface area contributed by atoms with Crippen molar-refractivity contribution in [2.45, 2.75) is 13.3 Å². The maximum absolute atomic E-state index is 11.3. The van der Waals surface area contributed by atoms with Gasteiger partial charge in [-0.15, -0.1) is 10.2 Å². The number of aryl methyl sites for hydroxylation is 1. The second-order valence-electron chi connectivity index (χ2n) is 3.40. The number of hydrogen-bond donors (Lipinski definition) is 0. The number of esters is 1. The topological polar surface area (TPSA) is 70.5 Å². The molecular weight excluding hydrogens is 224 g/mol. The lowest BCUT2D eigenvalue weighted by atomic mass is 10.2. The third kappa shape index (κ3) is 3.99. The summed E-state index contributed by atoms with van der Waals surface area (Å²) < 4.78 is 14.8. The third-order valence-corrected chi connectivity index (χ3v) is 2.08. The normalized spacial score (nSPS) is 10.1. The first-order chi connectivity index (χ1) is 8.19. The Morgan fingerprint density at radius 1 is 1.29 bits per heavy atom. The highest BCUT2D eigenvalue weighted by Gasteiger charge is 2.12. The van der Waals surface area contributed by atoms with E-state index in [9.17, 15) is 4.79 Å². The fourth-order valence-electron chi connectivity index (χ4n) is 1.21. The van der Waals surface area contributed by atoms with E-state index in [-0.39, 0.29) is 5.69 Å². The van der Waals surface area contributed by atoms with E-state index in [2.05, 4.69) is 14.9 Å². The molecule has 1 aromatic rings. The number of nitrogens with zero attached hydrogens (tertiary/aromatic N) is 2. The molecular formula is C11H16N2O4. The summed E-state index contributed by atoms with van der Waals surface area (Å²) in [7, 11) is 2.94. The van der Waals surface area contributed by atoms with Gasteiger partial charge in [-0.1, -0.05) is 0 Å². The van der Waals surface area contributed by atoms with Crippen LogP contribution >= 0.6 is 0 Å². The van der Waals surface area contributed by atoms with Gasteiger partial charge in [-0.3, -0.25) is 0 Å². The molecule has 0 N–H and O–H groups in total. The van der Waals surface area contributed by atoms with Crippen molar-refractivity contribution in [2.75, 3.05) is 27.4 Å². The highest BCUT2D eigenvalue weighted by molar-refractivity contribution is 5.88. The van der Waals surface area contributed by atoms with Gasteiger partial charge in [0.2, 0.25) is 5.88 Å². The molecule has 17 heavy (non-hydrogen) atoms. The highest BCUT2D eigenvalue weighted by atomic mass is 16.5. The molecule has 1 aromatic heterocycles. The summed E-state index contributed by atoms with van der Waals surface area (Å²) in [6.45, 7) is 2.88. The molecule has 94 valence electrons. The molecule has 0 saturated heterocycles. The molecule has 0 unspecified atom stereocenters. The molecule has 1 heterocycles. The van der Waals surface area contributed by atoms with Gasteiger partial charge < -0.3 is 14.2 Å². The van der Waals surface area contributed by atoms with E-state index in [1.54, 1.807) is 20.1 Å². The molecule has 6 nitrogen and oxygen atoms in total. The first-order valence-electron chi connectivity index (χ1n) is 5.23. The minimum absolute atomic E-state index is 0.205. The van der Waals surface area contributed by atoms with E-state index in [0.29, 0.717) is 24.7 Å². The van der Waals surface area contributed by atoms with Crippen molar-refractivity contribution in [3.8, 4) is 5.88 Å². The average Bonchev–Trinajstić information content (AvgIpc) is 2.34. The molecule has 0 fully saturated rings. The number of carbonyl (C=O) groups excluding carboxylic acids is 1. The maximum Gasteiger partial charge on any atom is 0.358 e. The second kappa shape index (κ2) is 6.80. The van der Waals surface area contributed by atoms with Gasteiger partial charge in [-0.25, -0.2) is 4.79 Å². The zero-order valence-corrected chi connectivity index (χ0v) is 10.2. The average molecular weight is 240 g/mol. The van der Waals surface area contributed by atoms with Crippen LogP contribution in [-0.4, -0.2) is 43.6 Å². The van der Waals surface area contributed by atoms with Crippen molar-refractivity contribution in [2.24, 2.45) is 0 Å². The van der Waals surface area contributed by atoms with Crippen LogP contribution in [0, 0.1) is 6.92 Å². The van der Waals surface area contributed by atoms with Crippen LogP contribution in [0.3, 0.4) is 0 Å². The van der Waals surface area contributed by atoms with Gasteiger partial charge in [0.15, 0.2) is 5.69 Å². The smallest absolute Gasteiger partial charge is 0.358 e. The predicted octanol–water partition coefficient (Wildman–Crippen LogP) is 0.987. The Morgan fingerprint density at radius 3 is 2.65 bits per heavy atom. The van der Waals surface area contributed by atoms with E-state index < -0.39 is 5.97 Å². The standard InChI is InChI=1S/C11H16N2O4/c1-8-7-9(17-6-4-5-15-2)12-13-10(8)11(14)16-3/h7H,4-6H2,1-3H3. The Kier molecular flexibility index (Phi) is 5.35. The number of methoxy groups -OCH3 is 2. The van der Waals surface area contributed by atoms with Crippen molar-refractivity contribution in [1.29, 1.82) is 0 Å². The Bertz CT molecular complexity index is 382. The summed E-state index contributed by atoms with van der Waals surface area (Å²) in [4.78, 5) is 11.3. The number of rotatable bonds is 6. The molecule has 0 radical (unpaired) electrons. The van der Waals surface area contributed by atoms with Gasteiger partial charge in [-0.2, -0.15) is 0 Å². The lowest BCUT2D eigenvalue weighted by molar-refractivity contribution is 0.0591. The summed E-state index contributed by atoms with van der Waals surface area (Å²) in [5.74, 6) is -0.104. The van der Waals surface area contributed by atoms with Gasteiger partial charge in [0, 0.05) is 26.2 Å². The minimum Gasteiger partial charge on any atom is -0.476 e. The van der Waals surface area contributed by atoms with Crippen LogP contribution in [-0.2, 0) is 9.47 Å². The monoisotopic (exact) mass is 240 g/mol. The summed E-state index contributed by atoms with van der Waals surface area (Å²) in [5, 5.41) is 7.56. The number of carbonyl (C=O) groups is 1. The summed E-state index contributed by atoms with van der Waals surface area (Å²) in [5.41, 5.74) is 0.880. The fraction of sp³-hybridized carbons (Fsp3) is 0.545. The predicted molar refractivity (Wildman–Crippen MR) is 60.1 cm³/mol. The molecule has 0 atom stereocenters. The third-order valence-electron chi connectivity index (χ3n) is 2.08. The summed E-state index contributed by atoms with van der Waals surface area (Å²) >= 11 is 0. The van der Waals surface area contributed by atoms with Crippen molar-refractivity contribution in [1.82, 2.24) is 10.2 Å². The van der Waals surface area contributed by atoms with Crippen LogP contribution < -0.4 is 4.74 Å². The maximum atomic E-state index is 11.3. The van der Waals surface area contributed by atoms with Gasteiger partial charge in [0.05, 0.1) is 13.7 Å². The van der Waals surface area contributed by atoms with Crippen LogP contribution in [0.2, 0.25) is 0 Å². The molecule has 0 aliphatic rings. The Balaban J connectivity index is 2.59. The van der Waals surface area contributed by atoms with E-state index in [4.69, 9.17) is 9.47 Å². The Labute approximate surface area is 99.9 Å². The van der Waals surface area contributed by atoms with Crippen LogP contribution in [0.25, 0.3) is 0 Å². The molecule has 0 aliphatic carbocycles. The van der Waals surface area contributed by atoms with Crippen molar-refractivity contribution < 1.29 is 19.0 Å².